The van der Waals surface area contributed by atoms with Gasteiger partial charge in [0.15, 0.2) is 0 Å². The zero-order valence-corrected chi connectivity index (χ0v) is 12.9. The summed E-state index contributed by atoms with van der Waals surface area (Å²) in [5.41, 5.74) is 7.57. The molecule has 4 heteroatoms. The summed E-state index contributed by atoms with van der Waals surface area (Å²) in [5, 5.41) is 0. The van der Waals surface area contributed by atoms with E-state index in [0.29, 0.717) is 10.7 Å². The second-order valence-corrected chi connectivity index (χ2v) is 5.53. The van der Waals surface area contributed by atoms with Gasteiger partial charge < -0.3 is 10.5 Å². The van der Waals surface area contributed by atoms with Crippen molar-refractivity contribution in [2.45, 2.75) is 13.0 Å². The first kappa shape index (κ1) is 14.0. The van der Waals surface area contributed by atoms with Crippen LogP contribution in [0.2, 0.25) is 0 Å². The minimum Gasteiger partial charge on any atom is -0.485 e. The third kappa shape index (κ3) is 3.55. The van der Waals surface area contributed by atoms with Crippen LogP contribution < -0.4 is 10.5 Å². The Labute approximate surface area is 126 Å². The van der Waals surface area contributed by atoms with Crippen LogP contribution in [0.4, 0.5) is 0 Å². The van der Waals surface area contributed by atoms with Gasteiger partial charge in [-0.15, -0.1) is 0 Å². The highest BCUT2D eigenvalue weighted by molar-refractivity contribution is 9.10. The highest BCUT2D eigenvalue weighted by Crippen LogP contribution is 2.28. The van der Waals surface area contributed by atoms with Gasteiger partial charge in [-0.25, -0.2) is 0 Å². The predicted molar refractivity (Wildman–Crippen MR) is 85.5 cm³/mol. The first-order valence-corrected chi connectivity index (χ1v) is 7.09. The summed E-state index contributed by atoms with van der Waals surface area (Å²) in [6, 6.07) is 15.7. The van der Waals surface area contributed by atoms with E-state index < -0.39 is 0 Å². The second-order valence-electron chi connectivity index (χ2n) is 4.18. The van der Waals surface area contributed by atoms with Crippen molar-refractivity contribution in [1.29, 1.82) is 0 Å². The van der Waals surface area contributed by atoms with Gasteiger partial charge >= 0.3 is 0 Å². The fourth-order valence-corrected chi connectivity index (χ4v) is 2.29. The number of hydrogen-bond acceptors (Lipinski definition) is 2. The lowest BCUT2D eigenvalue weighted by molar-refractivity contribution is 0.226. The molecule has 0 saturated heterocycles. The van der Waals surface area contributed by atoms with E-state index >= 15 is 0 Å². The molecule has 19 heavy (non-hydrogen) atoms. The van der Waals surface area contributed by atoms with E-state index in [4.69, 9.17) is 22.7 Å². The van der Waals surface area contributed by atoms with Gasteiger partial charge in [0.2, 0.25) is 0 Å². The Morgan fingerprint density at radius 1 is 1.21 bits per heavy atom. The van der Waals surface area contributed by atoms with Crippen LogP contribution in [0.15, 0.2) is 53.0 Å². The summed E-state index contributed by atoms with van der Waals surface area (Å²) in [6.45, 7) is 2.00. The monoisotopic (exact) mass is 335 g/mol. The first-order valence-electron chi connectivity index (χ1n) is 5.89. The van der Waals surface area contributed by atoms with Gasteiger partial charge in [-0.1, -0.05) is 58.5 Å². The third-order valence-electron chi connectivity index (χ3n) is 2.78. The molecule has 0 spiro atoms. The number of ether oxygens (including phenoxy) is 1. The summed E-state index contributed by atoms with van der Waals surface area (Å²) < 4.78 is 6.91. The van der Waals surface area contributed by atoms with E-state index in [1.807, 2.05) is 55.5 Å². The fourth-order valence-electron chi connectivity index (χ4n) is 1.78. The van der Waals surface area contributed by atoms with Gasteiger partial charge in [0.1, 0.15) is 16.8 Å². The van der Waals surface area contributed by atoms with Gasteiger partial charge in [-0.05, 0) is 30.7 Å². The van der Waals surface area contributed by atoms with Crippen LogP contribution in [0.3, 0.4) is 0 Å². The summed E-state index contributed by atoms with van der Waals surface area (Å²) in [6.07, 6.45) is -0.0661. The van der Waals surface area contributed by atoms with Crippen molar-refractivity contribution >= 4 is 33.1 Å². The maximum Gasteiger partial charge on any atom is 0.131 e. The Kier molecular flexibility index (Phi) is 4.56. The molecule has 0 aromatic heterocycles. The number of benzene rings is 2. The molecule has 98 valence electrons. The molecule has 0 bridgehead atoms. The molecule has 0 aliphatic rings. The zero-order valence-electron chi connectivity index (χ0n) is 10.5. The van der Waals surface area contributed by atoms with Crippen LogP contribution in [-0.4, -0.2) is 4.99 Å². The largest absolute Gasteiger partial charge is 0.485 e. The molecule has 2 N–H and O–H groups in total. The van der Waals surface area contributed by atoms with Crippen molar-refractivity contribution in [3.8, 4) is 5.75 Å². The highest BCUT2D eigenvalue weighted by Gasteiger charge is 2.12. The smallest absolute Gasteiger partial charge is 0.131 e. The number of hydrogen-bond donors (Lipinski definition) is 1. The highest BCUT2D eigenvalue weighted by atomic mass is 79.9. The van der Waals surface area contributed by atoms with E-state index in [2.05, 4.69) is 15.9 Å². The van der Waals surface area contributed by atoms with Crippen LogP contribution in [0.5, 0.6) is 5.75 Å². The third-order valence-corrected chi connectivity index (χ3v) is 3.50. The SMILES string of the molecule is CC(Oc1cc(Br)ccc1C(N)=S)c1ccccc1. The molecule has 1 atom stereocenters. The maximum absolute atomic E-state index is 5.98. The Balaban J connectivity index is 2.28. The molecule has 0 saturated carbocycles. The standard InChI is InChI=1S/C15H14BrNOS/c1-10(11-5-3-2-4-6-11)18-14-9-12(16)7-8-13(14)15(17)19/h2-10H,1H3,(H2,17,19). The predicted octanol–water partition coefficient (Wildman–Crippen LogP) is 4.22. The van der Waals surface area contributed by atoms with Crippen molar-refractivity contribution in [3.05, 3.63) is 64.1 Å². The molecule has 0 fully saturated rings. The van der Waals surface area contributed by atoms with Crippen LogP contribution in [0.1, 0.15) is 24.2 Å². The molecule has 2 aromatic carbocycles. The van der Waals surface area contributed by atoms with Crippen LogP contribution >= 0.6 is 28.1 Å². The molecule has 2 rings (SSSR count). The number of halogens is 1. The quantitative estimate of drug-likeness (QED) is 0.849. The summed E-state index contributed by atoms with van der Waals surface area (Å²) in [5.74, 6) is 0.693. The lowest BCUT2D eigenvalue weighted by Crippen LogP contribution is -2.13. The Morgan fingerprint density at radius 2 is 1.89 bits per heavy atom. The molecule has 1 unspecified atom stereocenters. The van der Waals surface area contributed by atoms with E-state index in [1.165, 1.54) is 0 Å². The van der Waals surface area contributed by atoms with Crippen molar-refractivity contribution < 1.29 is 4.74 Å². The lowest BCUT2D eigenvalue weighted by atomic mass is 10.1. The van der Waals surface area contributed by atoms with Crippen molar-refractivity contribution in [2.24, 2.45) is 5.73 Å². The van der Waals surface area contributed by atoms with E-state index in [9.17, 15) is 0 Å². The summed E-state index contributed by atoms with van der Waals surface area (Å²) >= 11 is 8.47. The molecule has 0 aliphatic heterocycles. The average molecular weight is 336 g/mol. The molecule has 0 heterocycles. The van der Waals surface area contributed by atoms with Gasteiger partial charge in [0.05, 0.1) is 5.56 Å². The molecular formula is C15H14BrNOS. The molecule has 0 radical (unpaired) electrons. The van der Waals surface area contributed by atoms with E-state index in [-0.39, 0.29) is 6.10 Å². The van der Waals surface area contributed by atoms with Crippen molar-refractivity contribution in [2.75, 3.05) is 0 Å². The second kappa shape index (κ2) is 6.17. The molecular weight excluding hydrogens is 322 g/mol. The summed E-state index contributed by atoms with van der Waals surface area (Å²) in [7, 11) is 0. The molecule has 0 aliphatic carbocycles. The van der Waals surface area contributed by atoms with Gasteiger partial charge in [0, 0.05) is 4.47 Å². The molecule has 2 nitrogen and oxygen atoms in total. The molecule has 0 amide bonds. The van der Waals surface area contributed by atoms with Crippen molar-refractivity contribution in [3.63, 3.8) is 0 Å². The molecule has 2 aromatic rings. The average Bonchev–Trinajstić information content (AvgIpc) is 2.39. The Hall–Kier alpha value is -1.39. The number of nitrogens with two attached hydrogens (primary N) is 1. The van der Waals surface area contributed by atoms with E-state index in [1.54, 1.807) is 0 Å². The minimum absolute atomic E-state index is 0.0661. The Morgan fingerprint density at radius 3 is 2.53 bits per heavy atom. The maximum atomic E-state index is 5.98. The van der Waals surface area contributed by atoms with Crippen molar-refractivity contribution in [1.82, 2.24) is 0 Å². The van der Waals surface area contributed by atoms with Crippen LogP contribution in [0, 0.1) is 0 Å². The van der Waals surface area contributed by atoms with Gasteiger partial charge in [0.25, 0.3) is 0 Å². The van der Waals surface area contributed by atoms with Gasteiger partial charge in [-0.2, -0.15) is 0 Å². The Bertz CT molecular complexity index is 586. The summed E-state index contributed by atoms with van der Waals surface area (Å²) in [4.78, 5) is 0.336. The van der Waals surface area contributed by atoms with Gasteiger partial charge in [-0.3, -0.25) is 0 Å². The zero-order chi connectivity index (χ0) is 13.8. The van der Waals surface area contributed by atoms with Crippen LogP contribution in [0.25, 0.3) is 0 Å². The minimum atomic E-state index is -0.0661. The van der Waals surface area contributed by atoms with Crippen LogP contribution in [-0.2, 0) is 0 Å². The lowest BCUT2D eigenvalue weighted by Gasteiger charge is -2.17. The topological polar surface area (TPSA) is 35.2 Å². The fraction of sp³-hybridized carbons (Fsp3) is 0.133. The number of thiocarbonyl (C=S) groups is 1. The van der Waals surface area contributed by atoms with E-state index in [0.717, 1.165) is 15.6 Å². The number of rotatable bonds is 4. The normalized spacial score (nSPS) is 11.9. The first-order chi connectivity index (χ1) is 9.08.